The molecule has 2 aromatic rings. The van der Waals surface area contributed by atoms with Crippen molar-refractivity contribution in [3.8, 4) is 0 Å². The summed E-state index contributed by atoms with van der Waals surface area (Å²) in [6.45, 7) is 0.753. The summed E-state index contributed by atoms with van der Waals surface area (Å²) in [5.74, 6) is -0.0228. The van der Waals surface area contributed by atoms with Crippen LogP contribution in [0, 0.1) is 5.82 Å². The number of rotatable bonds is 4. The summed E-state index contributed by atoms with van der Waals surface area (Å²) in [4.78, 5) is 5.86. The third-order valence-electron chi connectivity index (χ3n) is 2.84. The summed E-state index contributed by atoms with van der Waals surface area (Å²) in [7, 11) is 1.81. The predicted octanol–water partition coefficient (Wildman–Crippen LogP) is 3.08. The highest BCUT2D eigenvalue weighted by atomic mass is 79.9. The smallest absolute Gasteiger partial charge is 0.170 e. The van der Waals surface area contributed by atoms with Crippen LogP contribution in [0.15, 0.2) is 41.0 Å². The van der Waals surface area contributed by atoms with Crippen molar-refractivity contribution in [1.82, 2.24) is 4.98 Å². The number of benzene rings is 1. The van der Waals surface area contributed by atoms with Crippen LogP contribution >= 0.6 is 15.9 Å². The highest BCUT2D eigenvalue weighted by Crippen LogP contribution is 2.20. The minimum atomic E-state index is -0.345. The van der Waals surface area contributed by atoms with E-state index in [0.717, 1.165) is 10.0 Å². The van der Waals surface area contributed by atoms with Gasteiger partial charge in [0.1, 0.15) is 0 Å². The molecule has 0 aliphatic heterocycles. The van der Waals surface area contributed by atoms with Gasteiger partial charge in [-0.05, 0) is 23.8 Å². The average Bonchev–Trinajstić information content (AvgIpc) is 2.39. The minimum absolute atomic E-state index is 0.173. The molecule has 1 heterocycles. The van der Waals surface area contributed by atoms with Crippen LogP contribution in [0.2, 0.25) is 0 Å². The van der Waals surface area contributed by atoms with Gasteiger partial charge in [0.05, 0.1) is 0 Å². The van der Waals surface area contributed by atoms with E-state index < -0.39 is 0 Å². The Morgan fingerprint density at radius 3 is 2.84 bits per heavy atom. The Kier molecular flexibility index (Phi) is 4.50. The molecule has 0 spiro atoms. The number of aromatic nitrogens is 1. The van der Waals surface area contributed by atoms with Gasteiger partial charge in [0.15, 0.2) is 11.6 Å². The van der Waals surface area contributed by atoms with Crippen LogP contribution in [0.3, 0.4) is 0 Å². The van der Waals surface area contributed by atoms with E-state index >= 15 is 0 Å². The Hall–Kier alpha value is -1.46. The summed E-state index contributed by atoms with van der Waals surface area (Å²) < 4.78 is 15.1. The van der Waals surface area contributed by atoms with E-state index in [9.17, 15) is 4.39 Å². The lowest BCUT2D eigenvalue weighted by atomic mass is 10.2. The van der Waals surface area contributed by atoms with Gasteiger partial charge in [0.25, 0.3) is 0 Å². The van der Waals surface area contributed by atoms with Crippen molar-refractivity contribution >= 4 is 21.7 Å². The number of nitrogens with zero attached hydrogens (tertiary/aromatic N) is 2. The highest BCUT2D eigenvalue weighted by Gasteiger charge is 2.12. The van der Waals surface area contributed by atoms with E-state index in [1.165, 1.54) is 0 Å². The van der Waals surface area contributed by atoms with Gasteiger partial charge in [-0.2, -0.15) is 0 Å². The first-order chi connectivity index (χ1) is 9.11. The monoisotopic (exact) mass is 323 g/mol. The van der Waals surface area contributed by atoms with E-state index in [1.807, 2.05) is 31.3 Å². The molecule has 19 heavy (non-hydrogen) atoms. The SMILES string of the molecule is CN(Cc1cccc(Br)c1)c1nccc(CN)c1F. The highest BCUT2D eigenvalue weighted by molar-refractivity contribution is 9.10. The molecular weight excluding hydrogens is 309 g/mol. The molecule has 1 aromatic heterocycles. The topological polar surface area (TPSA) is 42.2 Å². The number of hydrogen-bond acceptors (Lipinski definition) is 3. The van der Waals surface area contributed by atoms with Crippen LogP contribution in [0.5, 0.6) is 0 Å². The molecular formula is C14H15BrFN3. The standard InChI is InChI=1S/C14H15BrFN3/c1-19(9-10-3-2-4-12(15)7-10)14-13(16)11(8-17)5-6-18-14/h2-7H,8-9,17H2,1H3. The summed E-state index contributed by atoms with van der Waals surface area (Å²) in [6.07, 6.45) is 1.58. The van der Waals surface area contributed by atoms with Crippen LogP contribution in [0.4, 0.5) is 10.2 Å². The Labute approximate surface area is 120 Å². The molecule has 3 nitrogen and oxygen atoms in total. The molecule has 0 aliphatic carbocycles. The summed E-state index contributed by atoms with van der Waals surface area (Å²) in [6, 6.07) is 9.50. The second-order valence-corrected chi connectivity index (χ2v) is 5.21. The minimum Gasteiger partial charge on any atom is -0.353 e. The number of nitrogens with two attached hydrogens (primary N) is 1. The van der Waals surface area contributed by atoms with E-state index in [4.69, 9.17) is 5.73 Å². The molecule has 100 valence electrons. The maximum atomic E-state index is 14.1. The van der Waals surface area contributed by atoms with Crippen LogP contribution < -0.4 is 10.6 Å². The van der Waals surface area contributed by atoms with E-state index in [1.54, 1.807) is 17.2 Å². The fraction of sp³-hybridized carbons (Fsp3) is 0.214. The summed E-state index contributed by atoms with van der Waals surface area (Å²) >= 11 is 3.42. The predicted molar refractivity (Wildman–Crippen MR) is 78.3 cm³/mol. The molecule has 5 heteroatoms. The van der Waals surface area contributed by atoms with E-state index in [0.29, 0.717) is 17.9 Å². The summed E-state index contributed by atoms with van der Waals surface area (Å²) in [5.41, 5.74) is 7.06. The van der Waals surface area contributed by atoms with Gasteiger partial charge in [-0.1, -0.05) is 28.1 Å². The molecule has 0 fully saturated rings. The molecule has 0 unspecified atom stereocenters. The van der Waals surface area contributed by atoms with Gasteiger partial charge < -0.3 is 10.6 Å². The van der Waals surface area contributed by atoms with E-state index in [-0.39, 0.29) is 12.4 Å². The zero-order valence-electron chi connectivity index (χ0n) is 10.6. The molecule has 1 aromatic carbocycles. The first-order valence-electron chi connectivity index (χ1n) is 5.91. The Morgan fingerprint density at radius 2 is 2.16 bits per heavy atom. The second-order valence-electron chi connectivity index (χ2n) is 4.30. The van der Waals surface area contributed by atoms with Crippen molar-refractivity contribution < 1.29 is 4.39 Å². The number of pyridine rings is 1. The van der Waals surface area contributed by atoms with Crippen molar-refractivity contribution in [2.24, 2.45) is 5.73 Å². The van der Waals surface area contributed by atoms with Gasteiger partial charge in [-0.3, -0.25) is 0 Å². The third kappa shape index (κ3) is 3.30. The Balaban J connectivity index is 2.23. The Morgan fingerprint density at radius 1 is 1.37 bits per heavy atom. The second kappa shape index (κ2) is 6.12. The fourth-order valence-electron chi connectivity index (χ4n) is 1.88. The van der Waals surface area contributed by atoms with Crippen LogP contribution in [0.1, 0.15) is 11.1 Å². The zero-order valence-corrected chi connectivity index (χ0v) is 12.2. The average molecular weight is 324 g/mol. The zero-order chi connectivity index (χ0) is 13.8. The van der Waals surface area contributed by atoms with Crippen molar-refractivity contribution in [3.05, 3.63) is 57.9 Å². The van der Waals surface area contributed by atoms with Crippen LogP contribution in [0.25, 0.3) is 0 Å². The normalized spacial score (nSPS) is 10.5. The summed E-state index contributed by atoms with van der Waals surface area (Å²) in [5, 5.41) is 0. The molecule has 2 N–H and O–H groups in total. The van der Waals surface area contributed by atoms with Gasteiger partial charge in [0, 0.05) is 36.4 Å². The van der Waals surface area contributed by atoms with Gasteiger partial charge in [0.2, 0.25) is 0 Å². The maximum absolute atomic E-state index is 14.1. The Bertz CT molecular complexity index is 574. The molecule has 0 radical (unpaired) electrons. The first kappa shape index (κ1) is 14.0. The molecule has 0 amide bonds. The first-order valence-corrected chi connectivity index (χ1v) is 6.70. The van der Waals surface area contributed by atoms with Gasteiger partial charge in [-0.25, -0.2) is 9.37 Å². The lowest BCUT2D eigenvalue weighted by molar-refractivity contribution is 0.598. The molecule has 0 bridgehead atoms. The number of anilines is 1. The fourth-order valence-corrected chi connectivity index (χ4v) is 2.33. The molecule has 0 saturated heterocycles. The van der Waals surface area contributed by atoms with Gasteiger partial charge >= 0.3 is 0 Å². The number of halogens is 2. The van der Waals surface area contributed by atoms with Crippen LogP contribution in [-0.2, 0) is 13.1 Å². The molecule has 0 atom stereocenters. The largest absolute Gasteiger partial charge is 0.353 e. The van der Waals surface area contributed by atoms with Crippen molar-refractivity contribution in [3.63, 3.8) is 0 Å². The lowest BCUT2D eigenvalue weighted by Gasteiger charge is -2.19. The van der Waals surface area contributed by atoms with Gasteiger partial charge in [-0.15, -0.1) is 0 Å². The quantitative estimate of drug-likeness (QED) is 0.940. The lowest BCUT2D eigenvalue weighted by Crippen LogP contribution is -2.20. The van der Waals surface area contributed by atoms with Crippen molar-refractivity contribution in [2.75, 3.05) is 11.9 Å². The molecule has 0 saturated carbocycles. The van der Waals surface area contributed by atoms with Crippen molar-refractivity contribution in [1.29, 1.82) is 0 Å². The third-order valence-corrected chi connectivity index (χ3v) is 3.33. The molecule has 0 aliphatic rings. The maximum Gasteiger partial charge on any atom is 0.170 e. The van der Waals surface area contributed by atoms with Crippen LogP contribution in [-0.4, -0.2) is 12.0 Å². The molecule has 2 rings (SSSR count). The van der Waals surface area contributed by atoms with E-state index in [2.05, 4.69) is 20.9 Å². The van der Waals surface area contributed by atoms with Crippen molar-refractivity contribution in [2.45, 2.75) is 13.1 Å². The number of hydrogen-bond donors (Lipinski definition) is 1.